The van der Waals surface area contributed by atoms with E-state index in [-0.39, 0.29) is 11.5 Å². The second-order valence-corrected chi connectivity index (χ2v) is 8.52. The highest BCUT2D eigenvalue weighted by Crippen LogP contribution is 2.25. The van der Waals surface area contributed by atoms with E-state index in [9.17, 15) is 9.59 Å². The number of aromatic nitrogens is 2. The second-order valence-electron chi connectivity index (χ2n) is 7.19. The Kier molecular flexibility index (Phi) is 6.18. The molecule has 1 heterocycles. The number of ether oxygens (including phenoxy) is 1. The Morgan fingerprint density at radius 1 is 1.07 bits per heavy atom. The topological polar surface area (TPSA) is 84.1 Å². The van der Waals surface area contributed by atoms with E-state index in [2.05, 4.69) is 15.3 Å². The third-order valence-corrected chi connectivity index (χ3v) is 5.91. The molecule has 1 aliphatic rings. The normalized spacial score (nSPS) is 13.9. The number of benzene rings is 2. The summed E-state index contributed by atoms with van der Waals surface area (Å²) in [5.41, 5.74) is 2.26. The SMILES string of the molecule is C[C@@H](Sc1nc2c(c(=O)[nH]1)CCCC2)C(=O)Nc1ccc(Oc2ccccc2)cc1. The number of para-hydroxylation sites is 1. The van der Waals surface area contributed by atoms with E-state index in [1.807, 2.05) is 42.5 Å². The van der Waals surface area contributed by atoms with Crippen molar-refractivity contribution in [1.82, 2.24) is 9.97 Å². The molecule has 0 spiro atoms. The predicted molar refractivity (Wildman–Crippen MR) is 118 cm³/mol. The number of H-pyrrole nitrogens is 1. The Balaban J connectivity index is 1.36. The van der Waals surface area contributed by atoms with Crippen molar-refractivity contribution in [2.24, 2.45) is 0 Å². The molecule has 154 valence electrons. The minimum atomic E-state index is -0.407. The third-order valence-electron chi connectivity index (χ3n) is 4.93. The maximum atomic E-state index is 12.6. The molecule has 0 saturated heterocycles. The fraction of sp³-hybridized carbons (Fsp3) is 0.261. The number of hydrogen-bond acceptors (Lipinski definition) is 5. The number of carbonyl (C=O) groups is 1. The van der Waals surface area contributed by atoms with Gasteiger partial charge in [-0.15, -0.1) is 0 Å². The van der Waals surface area contributed by atoms with Gasteiger partial charge in [0.2, 0.25) is 5.91 Å². The first-order valence-electron chi connectivity index (χ1n) is 10.0. The second kappa shape index (κ2) is 9.17. The molecule has 6 nitrogen and oxygen atoms in total. The molecular formula is C23H23N3O3S. The van der Waals surface area contributed by atoms with Crippen molar-refractivity contribution in [3.8, 4) is 11.5 Å². The van der Waals surface area contributed by atoms with Gasteiger partial charge in [0.25, 0.3) is 5.56 Å². The first-order chi connectivity index (χ1) is 14.6. The summed E-state index contributed by atoms with van der Waals surface area (Å²) in [6.45, 7) is 1.80. The Morgan fingerprint density at radius 3 is 2.53 bits per heavy atom. The number of fused-ring (bicyclic) bond motifs is 1. The first-order valence-corrected chi connectivity index (χ1v) is 10.9. The minimum absolute atomic E-state index is 0.0798. The standard InChI is InChI=1S/C23H23N3O3S/c1-15(30-23-25-20-10-6-5-9-19(20)22(28)26-23)21(27)24-16-11-13-18(14-12-16)29-17-7-3-2-4-8-17/h2-4,7-8,11-15H,5-6,9-10H2,1H3,(H,24,27)(H,25,26,28)/t15-/m1/s1. The van der Waals surface area contributed by atoms with E-state index in [1.54, 1.807) is 19.1 Å². The van der Waals surface area contributed by atoms with Crippen molar-refractivity contribution in [3.05, 3.63) is 76.2 Å². The van der Waals surface area contributed by atoms with Crippen molar-refractivity contribution in [2.45, 2.75) is 43.0 Å². The Labute approximate surface area is 179 Å². The van der Waals surface area contributed by atoms with Crippen LogP contribution in [0.5, 0.6) is 11.5 Å². The zero-order valence-electron chi connectivity index (χ0n) is 16.7. The molecule has 0 saturated carbocycles. The molecule has 0 radical (unpaired) electrons. The molecule has 0 aliphatic heterocycles. The largest absolute Gasteiger partial charge is 0.457 e. The summed E-state index contributed by atoms with van der Waals surface area (Å²) in [6, 6.07) is 16.7. The van der Waals surface area contributed by atoms with Gasteiger partial charge in [-0.05, 0) is 69.0 Å². The minimum Gasteiger partial charge on any atom is -0.457 e. The fourth-order valence-electron chi connectivity index (χ4n) is 3.33. The maximum Gasteiger partial charge on any atom is 0.254 e. The van der Waals surface area contributed by atoms with Gasteiger partial charge in [0, 0.05) is 11.3 Å². The molecule has 0 bridgehead atoms. The van der Waals surface area contributed by atoms with E-state index < -0.39 is 5.25 Å². The van der Waals surface area contributed by atoms with Crippen LogP contribution in [0, 0.1) is 0 Å². The van der Waals surface area contributed by atoms with Crippen molar-refractivity contribution in [2.75, 3.05) is 5.32 Å². The van der Waals surface area contributed by atoms with Crippen LogP contribution in [0.1, 0.15) is 31.0 Å². The third kappa shape index (κ3) is 4.91. The molecule has 0 unspecified atom stereocenters. The Bertz CT molecular complexity index is 1080. The molecule has 1 aliphatic carbocycles. The van der Waals surface area contributed by atoms with Gasteiger partial charge >= 0.3 is 0 Å². The summed E-state index contributed by atoms with van der Waals surface area (Å²) in [5, 5.41) is 2.98. The molecule has 1 amide bonds. The van der Waals surface area contributed by atoms with E-state index in [0.29, 0.717) is 16.6 Å². The van der Waals surface area contributed by atoms with Crippen LogP contribution >= 0.6 is 11.8 Å². The van der Waals surface area contributed by atoms with Gasteiger partial charge in [-0.25, -0.2) is 4.98 Å². The smallest absolute Gasteiger partial charge is 0.254 e. The van der Waals surface area contributed by atoms with Crippen molar-refractivity contribution >= 4 is 23.4 Å². The monoisotopic (exact) mass is 421 g/mol. The molecule has 2 N–H and O–H groups in total. The van der Waals surface area contributed by atoms with Gasteiger partial charge in [0.1, 0.15) is 11.5 Å². The highest BCUT2D eigenvalue weighted by Gasteiger charge is 2.20. The zero-order chi connectivity index (χ0) is 20.9. The molecule has 3 aromatic rings. The zero-order valence-corrected chi connectivity index (χ0v) is 17.5. The van der Waals surface area contributed by atoms with Gasteiger partial charge in [-0.3, -0.25) is 9.59 Å². The predicted octanol–water partition coefficient (Wildman–Crippen LogP) is 4.56. The van der Waals surface area contributed by atoms with Crippen LogP contribution in [-0.4, -0.2) is 21.1 Å². The summed E-state index contributed by atoms with van der Waals surface area (Å²) >= 11 is 1.26. The number of thioether (sulfide) groups is 1. The highest BCUT2D eigenvalue weighted by molar-refractivity contribution is 8.00. The van der Waals surface area contributed by atoms with Crippen LogP contribution in [0.2, 0.25) is 0 Å². The van der Waals surface area contributed by atoms with Crippen LogP contribution < -0.4 is 15.6 Å². The van der Waals surface area contributed by atoms with Gasteiger partial charge in [0.15, 0.2) is 5.16 Å². The van der Waals surface area contributed by atoms with E-state index >= 15 is 0 Å². The van der Waals surface area contributed by atoms with E-state index in [4.69, 9.17) is 4.74 Å². The summed E-state index contributed by atoms with van der Waals surface area (Å²) in [5.74, 6) is 1.29. The fourth-order valence-corrected chi connectivity index (χ4v) is 4.15. The lowest BCUT2D eigenvalue weighted by Gasteiger charge is -2.16. The molecule has 1 aromatic heterocycles. The van der Waals surface area contributed by atoms with Crippen LogP contribution in [-0.2, 0) is 17.6 Å². The number of hydrogen-bond donors (Lipinski definition) is 2. The van der Waals surface area contributed by atoms with Crippen LogP contribution in [0.4, 0.5) is 5.69 Å². The van der Waals surface area contributed by atoms with Crippen molar-refractivity contribution in [1.29, 1.82) is 0 Å². The lowest BCUT2D eigenvalue weighted by molar-refractivity contribution is -0.115. The summed E-state index contributed by atoms with van der Waals surface area (Å²) in [4.78, 5) is 32.2. The number of amides is 1. The summed E-state index contributed by atoms with van der Waals surface area (Å²) in [6.07, 6.45) is 3.68. The number of aromatic amines is 1. The van der Waals surface area contributed by atoms with Gasteiger partial charge in [-0.1, -0.05) is 30.0 Å². The maximum absolute atomic E-state index is 12.6. The number of rotatable bonds is 6. The quantitative estimate of drug-likeness (QED) is 0.450. The molecule has 2 aromatic carbocycles. The molecule has 7 heteroatoms. The van der Waals surface area contributed by atoms with Gasteiger partial charge in [0.05, 0.1) is 10.9 Å². The number of nitrogens with zero attached hydrogens (tertiary/aromatic N) is 1. The summed E-state index contributed by atoms with van der Waals surface area (Å²) in [7, 11) is 0. The van der Waals surface area contributed by atoms with Crippen LogP contribution in [0.3, 0.4) is 0 Å². The Hall–Kier alpha value is -3.06. The van der Waals surface area contributed by atoms with Crippen molar-refractivity contribution < 1.29 is 9.53 Å². The lowest BCUT2D eigenvalue weighted by Crippen LogP contribution is -2.25. The molecule has 4 rings (SSSR count). The number of carbonyl (C=O) groups excluding carboxylic acids is 1. The first kappa shape index (κ1) is 20.2. The average molecular weight is 422 g/mol. The number of anilines is 1. The molecular weight excluding hydrogens is 398 g/mol. The van der Waals surface area contributed by atoms with Crippen molar-refractivity contribution in [3.63, 3.8) is 0 Å². The highest BCUT2D eigenvalue weighted by atomic mass is 32.2. The lowest BCUT2D eigenvalue weighted by atomic mass is 9.97. The van der Waals surface area contributed by atoms with Crippen LogP contribution in [0.15, 0.2) is 64.5 Å². The molecule has 30 heavy (non-hydrogen) atoms. The number of aryl methyl sites for hydroxylation is 1. The van der Waals surface area contributed by atoms with E-state index in [1.165, 1.54) is 11.8 Å². The summed E-state index contributed by atoms with van der Waals surface area (Å²) < 4.78 is 5.76. The Morgan fingerprint density at radius 2 is 1.77 bits per heavy atom. The molecule has 0 fully saturated rings. The van der Waals surface area contributed by atoms with Gasteiger partial charge in [-0.2, -0.15) is 0 Å². The van der Waals surface area contributed by atoms with Gasteiger partial charge < -0.3 is 15.0 Å². The average Bonchev–Trinajstić information content (AvgIpc) is 2.76. The van der Waals surface area contributed by atoms with Crippen LogP contribution in [0.25, 0.3) is 0 Å². The number of nitrogens with one attached hydrogen (secondary N) is 2. The molecule has 1 atom stereocenters. The van der Waals surface area contributed by atoms with E-state index in [0.717, 1.165) is 42.7 Å².